The van der Waals surface area contributed by atoms with Crippen molar-refractivity contribution in [2.24, 2.45) is 5.92 Å². The van der Waals surface area contributed by atoms with Crippen LogP contribution in [0.2, 0.25) is 0 Å². The first-order valence-corrected chi connectivity index (χ1v) is 10.2. The third-order valence-electron chi connectivity index (χ3n) is 4.41. The number of hydrogen-bond acceptors (Lipinski definition) is 8. The summed E-state index contributed by atoms with van der Waals surface area (Å²) in [6, 6.07) is 2.08. The van der Waals surface area contributed by atoms with Crippen molar-refractivity contribution in [1.29, 1.82) is 5.26 Å². The fraction of sp³-hybridized carbons (Fsp3) is 0.500. The van der Waals surface area contributed by atoms with Gasteiger partial charge in [0.2, 0.25) is 0 Å². The zero-order valence-electron chi connectivity index (χ0n) is 16.0. The summed E-state index contributed by atoms with van der Waals surface area (Å²) in [5.74, 6) is -1.06. The van der Waals surface area contributed by atoms with Crippen LogP contribution in [0.4, 0.5) is 0 Å². The summed E-state index contributed by atoms with van der Waals surface area (Å²) in [5, 5.41) is 13.5. The minimum Gasteiger partial charge on any atom is -0.455 e. The lowest BCUT2D eigenvalue weighted by molar-refractivity contribution is -0.146. The normalized spacial score (nSPS) is 13.2. The molecule has 0 aliphatic rings. The Morgan fingerprint density at radius 2 is 2.11 bits per heavy atom. The van der Waals surface area contributed by atoms with E-state index in [1.807, 2.05) is 27.7 Å². The molecule has 1 N–H and O–H groups in total. The Hall–Kier alpha value is -2.18. The van der Waals surface area contributed by atoms with Gasteiger partial charge in [0.25, 0.3) is 5.91 Å². The molecule has 9 heteroatoms. The minimum atomic E-state index is -1.00. The SMILES string of the molecule is Cc1sc2ncnc(SCC(=O)OCC(=O)N[C@@](C)(C#N)C(C)C)c2c1C. The van der Waals surface area contributed by atoms with E-state index in [-0.39, 0.29) is 11.7 Å². The van der Waals surface area contributed by atoms with Gasteiger partial charge in [-0.15, -0.1) is 11.3 Å². The number of rotatable bonds is 7. The van der Waals surface area contributed by atoms with Crippen LogP contribution in [0.15, 0.2) is 11.4 Å². The summed E-state index contributed by atoms with van der Waals surface area (Å²) in [6.45, 7) is 8.92. The van der Waals surface area contributed by atoms with E-state index in [0.717, 1.165) is 25.7 Å². The number of nitrogens with zero attached hydrogens (tertiary/aromatic N) is 3. The molecule has 2 rings (SSSR count). The van der Waals surface area contributed by atoms with Crippen molar-refractivity contribution in [3.8, 4) is 6.07 Å². The average Bonchev–Trinajstić information content (AvgIpc) is 2.92. The molecule has 0 aliphatic carbocycles. The highest BCUT2D eigenvalue weighted by atomic mass is 32.2. The number of esters is 1. The van der Waals surface area contributed by atoms with Crippen LogP contribution in [0.5, 0.6) is 0 Å². The standard InChI is InChI=1S/C18H22N4O3S2/c1-10(2)18(5,8-19)22-13(23)6-25-14(24)7-26-16-15-11(3)12(4)27-17(15)21-9-20-16/h9-10H,6-7H2,1-5H3,(H,22,23)/t18-/m0/s1. The van der Waals surface area contributed by atoms with E-state index >= 15 is 0 Å². The second kappa shape index (κ2) is 8.67. The van der Waals surface area contributed by atoms with Crippen LogP contribution in [-0.4, -0.2) is 39.7 Å². The van der Waals surface area contributed by atoms with Crippen molar-refractivity contribution < 1.29 is 14.3 Å². The van der Waals surface area contributed by atoms with Gasteiger partial charge in [-0.2, -0.15) is 5.26 Å². The number of thioether (sulfide) groups is 1. The average molecular weight is 407 g/mol. The van der Waals surface area contributed by atoms with Crippen LogP contribution in [-0.2, 0) is 14.3 Å². The molecule has 7 nitrogen and oxygen atoms in total. The Kier molecular flexibility index (Phi) is 6.78. The van der Waals surface area contributed by atoms with Crippen LogP contribution in [0.25, 0.3) is 10.2 Å². The zero-order valence-corrected chi connectivity index (χ0v) is 17.6. The fourth-order valence-electron chi connectivity index (χ4n) is 2.20. The molecule has 0 bridgehead atoms. The van der Waals surface area contributed by atoms with Crippen molar-refractivity contribution in [2.45, 2.75) is 45.2 Å². The highest BCUT2D eigenvalue weighted by Crippen LogP contribution is 2.34. The first kappa shape index (κ1) is 21.1. The fourth-order valence-corrected chi connectivity index (χ4v) is 4.12. The molecular formula is C18H22N4O3S2. The molecule has 0 saturated carbocycles. The van der Waals surface area contributed by atoms with E-state index in [4.69, 9.17) is 4.74 Å². The highest BCUT2D eigenvalue weighted by Gasteiger charge is 2.30. The largest absolute Gasteiger partial charge is 0.455 e. The van der Waals surface area contributed by atoms with Gasteiger partial charge in [-0.05, 0) is 32.3 Å². The Labute approximate surface area is 166 Å². The van der Waals surface area contributed by atoms with E-state index in [1.165, 1.54) is 18.1 Å². The monoisotopic (exact) mass is 406 g/mol. The minimum absolute atomic E-state index is 0.0351. The van der Waals surface area contributed by atoms with Crippen molar-refractivity contribution in [3.63, 3.8) is 0 Å². The van der Waals surface area contributed by atoms with Crippen LogP contribution < -0.4 is 5.32 Å². The molecule has 0 saturated heterocycles. The lowest BCUT2D eigenvalue weighted by Crippen LogP contribution is -2.50. The van der Waals surface area contributed by atoms with E-state index < -0.39 is 24.0 Å². The maximum atomic E-state index is 12.0. The van der Waals surface area contributed by atoms with Gasteiger partial charge in [0.05, 0.1) is 11.8 Å². The lowest BCUT2D eigenvalue weighted by atomic mass is 9.90. The van der Waals surface area contributed by atoms with Crippen LogP contribution in [0, 0.1) is 31.1 Å². The Morgan fingerprint density at radius 3 is 2.74 bits per heavy atom. The first-order valence-electron chi connectivity index (χ1n) is 8.39. The van der Waals surface area contributed by atoms with Crippen molar-refractivity contribution in [3.05, 3.63) is 16.8 Å². The van der Waals surface area contributed by atoms with E-state index in [1.54, 1.807) is 18.3 Å². The van der Waals surface area contributed by atoms with Gasteiger partial charge >= 0.3 is 5.97 Å². The third kappa shape index (κ3) is 4.96. The van der Waals surface area contributed by atoms with Crippen LogP contribution in [0.3, 0.4) is 0 Å². The summed E-state index contributed by atoms with van der Waals surface area (Å²) < 4.78 is 5.02. The van der Waals surface area contributed by atoms with E-state index in [0.29, 0.717) is 0 Å². The van der Waals surface area contributed by atoms with Gasteiger partial charge in [-0.25, -0.2) is 9.97 Å². The van der Waals surface area contributed by atoms with Gasteiger partial charge < -0.3 is 10.1 Å². The third-order valence-corrected chi connectivity index (χ3v) is 6.49. The number of carbonyl (C=O) groups is 2. The van der Waals surface area contributed by atoms with Crippen molar-refractivity contribution >= 4 is 45.2 Å². The summed E-state index contributed by atoms with van der Waals surface area (Å²) in [4.78, 5) is 34.5. The number of thiophene rings is 1. The number of hydrogen-bond donors (Lipinski definition) is 1. The smallest absolute Gasteiger partial charge is 0.316 e. The summed E-state index contributed by atoms with van der Waals surface area (Å²) in [7, 11) is 0. The van der Waals surface area contributed by atoms with Crippen molar-refractivity contribution in [1.82, 2.24) is 15.3 Å². The molecule has 2 heterocycles. The van der Waals surface area contributed by atoms with Gasteiger partial charge in [0.15, 0.2) is 6.61 Å². The number of nitrogens with one attached hydrogen (secondary N) is 1. The number of fused-ring (bicyclic) bond motifs is 1. The molecule has 0 unspecified atom stereocenters. The topological polar surface area (TPSA) is 105 Å². The summed E-state index contributed by atoms with van der Waals surface area (Å²) in [5.41, 5.74) is 0.106. The first-order chi connectivity index (χ1) is 12.7. The summed E-state index contributed by atoms with van der Waals surface area (Å²) >= 11 is 2.85. The van der Waals surface area contributed by atoms with Crippen molar-refractivity contribution in [2.75, 3.05) is 12.4 Å². The predicted molar refractivity (Wildman–Crippen MR) is 106 cm³/mol. The van der Waals surface area contributed by atoms with Gasteiger partial charge in [-0.1, -0.05) is 25.6 Å². The maximum absolute atomic E-state index is 12.0. The van der Waals surface area contributed by atoms with Gasteiger partial charge in [0, 0.05) is 10.3 Å². The number of aromatic nitrogens is 2. The van der Waals surface area contributed by atoms with Gasteiger partial charge in [0.1, 0.15) is 21.7 Å². The number of ether oxygens (including phenoxy) is 1. The molecular weight excluding hydrogens is 384 g/mol. The Morgan fingerprint density at radius 1 is 1.41 bits per heavy atom. The van der Waals surface area contributed by atoms with Gasteiger partial charge in [-0.3, -0.25) is 9.59 Å². The molecule has 0 radical (unpaired) electrons. The predicted octanol–water partition coefficient (Wildman–Crippen LogP) is 3.00. The second-order valence-electron chi connectivity index (χ2n) is 6.61. The molecule has 0 aliphatic heterocycles. The number of aryl methyl sites for hydroxylation is 2. The number of nitriles is 1. The molecule has 0 aromatic carbocycles. The highest BCUT2D eigenvalue weighted by molar-refractivity contribution is 8.00. The molecule has 0 spiro atoms. The van der Waals surface area contributed by atoms with Crippen LogP contribution >= 0.6 is 23.1 Å². The van der Waals surface area contributed by atoms with E-state index in [2.05, 4.69) is 21.4 Å². The Balaban J connectivity index is 1.91. The quantitative estimate of drug-likeness (QED) is 0.428. The maximum Gasteiger partial charge on any atom is 0.316 e. The second-order valence-corrected chi connectivity index (χ2v) is 8.78. The molecule has 1 amide bonds. The number of amides is 1. The lowest BCUT2D eigenvalue weighted by Gasteiger charge is -2.27. The molecule has 1 atom stereocenters. The molecule has 2 aromatic rings. The number of carbonyl (C=O) groups excluding carboxylic acids is 2. The van der Waals surface area contributed by atoms with E-state index in [9.17, 15) is 14.9 Å². The summed E-state index contributed by atoms with van der Waals surface area (Å²) in [6.07, 6.45) is 1.48. The molecule has 27 heavy (non-hydrogen) atoms. The zero-order chi connectivity index (χ0) is 20.2. The molecule has 0 fully saturated rings. The van der Waals surface area contributed by atoms with Crippen LogP contribution in [0.1, 0.15) is 31.2 Å². The molecule has 144 valence electrons. The molecule has 2 aromatic heterocycles. The Bertz CT molecular complexity index is 904.